The number of aromatic nitrogens is 3. The first kappa shape index (κ1) is 17.5. The first-order chi connectivity index (χ1) is 12.5. The van der Waals surface area contributed by atoms with Crippen molar-refractivity contribution in [1.29, 1.82) is 0 Å². The van der Waals surface area contributed by atoms with Crippen LogP contribution in [0.4, 0.5) is 0 Å². The molecule has 2 aromatic heterocycles. The molecule has 1 N–H and O–H groups in total. The summed E-state index contributed by atoms with van der Waals surface area (Å²) in [5, 5.41) is 5.63. The monoisotopic (exact) mass is 391 g/mol. The SMILES string of the molecule is CN1CCN(Cc2cc3c(=O)[nH]c(-c4ccc(Cl)cc4Cl)cn3n2)CC1. The van der Waals surface area contributed by atoms with Gasteiger partial charge in [-0.15, -0.1) is 0 Å². The summed E-state index contributed by atoms with van der Waals surface area (Å²) in [5.74, 6) is 0. The average molecular weight is 392 g/mol. The van der Waals surface area contributed by atoms with E-state index in [4.69, 9.17) is 23.2 Å². The van der Waals surface area contributed by atoms with Crippen molar-refractivity contribution in [2.75, 3.05) is 33.2 Å². The van der Waals surface area contributed by atoms with E-state index in [-0.39, 0.29) is 5.56 Å². The highest BCUT2D eigenvalue weighted by Crippen LogP contribution is 2.28. The van der Waals surface area contributed by atoms with Gasteiger partial charge in [-0.25, -0.2) is 4.52 Å². The van der Waals surface area contributed by atoms with Crippen molar-refractivity contribution in [2.45, 2.75) is 6.54 Å². The molecule has 8 heteroatoms. The second-order valence-electron chi connectivity index (χ2n) is 6.67. The van der Waals surface area contributed by atoms with Crippen LogP contribution >= 0.6 is 23.2 Å². The zero-order valence-electron chi connectivity index (χ0n) is 14.4. The number of fused-ring (bicyclic) bond motifs is 1. The summed E-state index contributed by atoms with van der Waals surface area (Å²) < 4.78 is 1.63. The quantitative estimate of drug-likeness (QED) is 0.745. The van der Waals surface area contributed by atoms with Gasteiger partial charge in [-0.2, -0.15) is 5.10 Å². The second-order valence-corrected chi connectivity index (χ2v) is 7.51. The molecule has 136 valence electrons. The number of nitrogens with zero attached hydrogens (tertiary/aromatic N) is 4. The number of nitrogens with one attached hydrogen (secondary N) is 1. The molecule has 6 nitrogen and oxygen atoms in total. The molecule has 1 saturated heterocycles. The van der Waals surface area contributed by atoms with Gasteiger partial charge in [-0.3, -0.25) is 9.69 Å². The van der Waals surface area contributed by atoms with Crippen molar-refractivity contribution < 1.29 is 0 Å². The summed E-state index contributed by atoms with van der Waals surface area (Å²) >= 11 is 12.2. The van der Waals surface area contributed by atoms with Gasteiger partial charge in [-0.1, -0.05) is 23.2 Å². The highest BCUT2D eigenvalue weighted by atomic mass is 35.5. The molecule has 1 aliphatic rings. The Kier molecular flexibility index (Phi) is 4.75. The van der Waals surface area contributed by atoms with Crippen LogP contribution in [0.3, 0.4) is 0 Å². The fraction of sp³-hybridized carbons (Fsp3) is 0.333. The van der Waals surface area contributed by atoms with Crippen LogP contribution in [0.5, 0.6) is 0 Å². The van der Waals surface area contributed by atoms with E-state index in [0.717, 1.165) is 38.4 Å². The average Bonchev–Trinajstić information content (AvgIpc) is 3.00. The number of hydrogen-bond donors (Lipinski definition) is 1. The van der Waals surface area contributed by atoms with E-state index in [1.54, 1.807) is 28.9 Å². The van der Waals surface area contributed by atoms with Gasteiger partial charge in [0, 0.05) is 43.3 Å². The van der Waals surface area contributed by atoms with Crippen molar-refractivity contribution >= 4 is 28.7 Å². The molecular formula is C18H19Cl2N5O. The Hall–Kier alpha value is -1.86. The lowest BCUT2D eigenvalue weighted by Gasteiger charge is -2.31. The van der Waals surface area contributed by atoms with Gasteiger partial charge in [0.1, 0.15) is 5.52 Å². The van der Waals surface area contributed by atoms with Crippen molar-refractivity contribution in [2.24, 2.45) is 0 Å². The molecule has 0 spiro atoms. The molecule has 0 radical (unpaired) electrons. The molecule has 0 aliphatic carbocycles. The Morgan fingerprint density at radius 2 is 1.92 bits per heavy atom. The van der Waals surface area contributed by atoms with Crippen LogP contribution < -0.4 is 5.56 Å². The number of rotatable bonds is 3. The van der Waals surface area contributed by atoms with E-state index in [1.165, 1.54) is 0 Å². The number of halogens is 2. The third-order valence-electron chi connectivity index (χ3n) is 4.72. The summed E-state index contributed by atoms with van der Waals surface area (Å²) in [4.78, 5) is 20.0. The summed E-state index contributed by atoms with van der Waals surface area (Å²) in [7, 11) is 2.13. The lowest BCUT2D eigenvalue weighted by atomic mass is 10.1. The molecule has 1 aromatic carbocycles. The normalized spacial score (nSPS) is 16.4. The lowest BCUT2D eigenvalue weighted by molar-refractivity contribution is 0.147. The number of H-pyrrole nitrogens is 1. The zero-order valence-corrected chi connectivity index (χ0v) is 15.9. The van der Waals surface area contributed by atoms with Gasteiger partial charge in [0.05, 0.1) is 22.6 Å². The molecule has 3 aromatic rings. The van der Waals surface area contributed by atoms with Crippen LogP contribution in [-0.4, -0.2) is 57.6 Å². The minimum Gasteiger partial charge on any atom is -0.319 e. The van der Waals surface area contributed by atoms with Crippen LogP contribution in [0.2, 0.25) is 10.0 Å². The first-order valence-corrected chi connectivity index (χ1v) is 9.23. The standard InChI is InChI=1S/C18H19Cl2N5O/c1-23-4-6-24(7-5-23)10-13-9-17-18(26)21-16(11-25(17)22-13)14-3-2-12(19)8-15(14)20/h2-3,8-9,11H,4-7,10H2,1H3,(H,21,26). The molecule has 1 fully saturated rings. The molecule has 0 bridgehead atoms. The van der Waals surface area contributed by atoms with E-state index in [1.807, 2.05) is 6.07 Å². The van der Waals surface area contributed by atoms with Gasteiger partial charge in [0.2, 0.25) is 0 Å². The fourth-order valence-corrected chi connectivity index (χ4v) is 3.72. The minimum absolute atomic E-state index is 0.189. The van der Waals surface area contributed by atoms with E-state index in [9.17, 15) is 4.79 Å². The third-order valence-corrected chi connectivity index (χ3v) is 5.27. The summed E-state index contributed by atoms with van der Waals surface area (Å²) in [6.45, 7) is 4.85. The first-order valence-electron chi connectivity index (χ1n) is 8.47. The molecule has 0 amide bonds. The second kappa shape index (κ2) is 7.04. The van der Waals surface area contributed by atoms with Crippen LogP contribution in [0, 0.1) is 0 Å². The number of benzene rings is 1. The number of hydrogen-bond acceptors (Lipinski definition) is 4. The molecule has 1 aliphatic heterocycles. The molecule has 26 heavy (non-hydrogen) atoms. The minimum atomic E-state index is -0.189. The molecule has 4 rings (SSSR count). The topological polar surface area (TPSA) is 56.6 Å². The summed E-state index contributed by atoms with van der Waals surface area (Å²) in [6.07, 6.45) is 1.79. The van der Waals surface area contributed by atoms with Crippen LogP contribution in [0.1, 0.15) is 5.69 Å². The molecule has 0 atom stereocenters. The Morgan fingerprint density at radius 3 is 2.65 bits per heavy atom. The Labute approximate surface area is 160 Å². The van der Waals surface area contributed by atoms with E-state index in [0.29, 0.717) is 26.8 Å². The highest BCUT2D eigenvalue weighted by Gasteiger charge is 2.16. The number of likely N-dealkylation sites (N-methyl/N-ethyl adjacent to an activating group) is 1. The van der Waals surface area contributed by atoms with E-state index >= 15 is 0 Å². The molecule has 3 heterocycles. The third kappa shape index (κ3) is 3.50. The van der Waals surface area contributed by atoms with Gasteiger partial charge >= 0.3 is 0 Å². The van der Waals surface area contributed by atoms with Gasteiger partial charge in [0.15, 0.2) is 0 Å². The Balaban J connectivity index is 1.66. The van der Waals surface area contributed by atoms with E-state index < -0.39 is 0 Å². The maximum absolute atomic E-state index is 12.5. The zero-order chi connectivity index (χ0) is 18.3. The smallest absolute Gasteiger partial charge is 0.274 e. The number of piperazine rings is 1. The van der Waals surface area contributed by atoms with Crippen molar-refractivity contribution in [1.82, 2.24) is 24.4 Å². The fourth-order valence-electron chi connectivity index (χ4n) is 3.21. The Bertz CT molecular complexity index is 1000. The van der Waals surface area contributed by atoms with Crippen molar-refractivity contribution in [3.63, 3.8) is 0 Å². The van der Waals surface area contributed by atoms with Crippen LogP contribution in [0.25, 0.3) is 16.8 Å². The van der Waals surface area contributed by atoms with Crippen molar-refractivity contribution in [3.8, 4) is 11.3 Å². The van der Waals surface area contributed by atoms with Gasteiger partial charge in [0.25, 0.3) is 5.56 Å². The van der Waals surface area contributed by atoms with Crippen molar-refractivity contribution in [3.05, 3.63) is 56.6 Å². The van der Waals surface area contributed by atoms with Crippen LogP contribution in [0.15, 0.2) is 35.3 Å². The maximum atomic E-state index is 12.5. The maximum Gasteiger partial charge on any atom is 0.274 e. The lowest BCUT2D eigenvalue weighted by Crippen LogP contribution is -2.43. The predicted molar refractivity (Wildman–Crippen MR) is 104 cm³/mol. The molecule has 0 saturated carbocycles. The predicted octanol–water partition coefficient (Wildman–Crippen LogP) is 2.74. The highest BCUT2D eigenvalue weighted by molar-refractivity contribution is 6.36. The molecule has 0 unspecified atom stereocenters. The summed E-state index contributed by atoms with van der Waals surface area (Å²) in [6, 6.07) is 7.04. The van der Waals surface area contributed by atoms with Gasteiger partial charge < -0.3 is 9.88 Å². The largest absolute Gasteiger partial charge is 0.319 e. The summed E-state index contributed by atoms with van der Waals surface area (Å²) in [5.41, 5.74) is 2.55. The van der Waals surface area contributed by atoms with Gasteiger partial charge in [-0.05, 0) is 31.3 Å². The molecular weight excluding hydrogens is 373 g/mol. The number of aromatic amines is 1. The Morgan fingerprint density at radius 1 is 1.15 bits per heavy atom. The van der Waals surface area contributed by atoms with Crippen LogP contribution in [-0.2, 0) is 6.54 Å². The van der Waals surface area contributed by atoms with E-state index in [2.05, 4.69) is 26.9 Å².